The fourth-order valence-electron chi connectivity index (χ4n) is 5.70. The quantitative estimate of drug-likeness (QED) is 0.228. The minimum Gasteiger partial charge on any atom is -0.493 e. The SMILES string of the molecule is COc1cc2c(cc1OC)[C@H](C(=O)N1CCN(c3ccc([N+](=O)[O-])cc3)CC1)[C@H](c1ccc(SC)cc1)N(C)C2=O. The van der Waals surface area contributed by atoms with Crippen LogP contribution in [-0.2, 0) is 4.79 Å². The zero-order valence-electron chi connectivity index (χ0n) is 23.4. The van der Waals surface area contributed by atoms with Crippen LogP contribution < -0.4 is 14.4 Å². The van der Waals surface area contributed by atoms with Gasteiger partial charge >= 0.3 is 0 Å². The Morgan fingerprint density at radius 2 is 1.56 bits per heavy atom. The first kappa shape index (κ1) is 28.3. The molecule has 2 heterocycles. The number of rotatable bonds is 7. The maximum Gasteiger partial charge on any atom is 0.269 e. The normalized spacial score (nSPS) is 18.6. The Labute approximate surface area is 243 Å². The van der Waals surface area contributed by atoms with Gasteiger partial charge in [-0.2, -0.15) is 0 Å². The fraction of sp³-hybridized carbons (Fsp3) is 0.333. The summed E-state index contributed by atoms with van der Waals surface area (Å²) in [6, 6.07) is 17.4. The lowest BCUT2D eigenvalue weighted by Gasteiger charge is -2.43. The minimum atomic E-state index is -0.654. The number of methoxy groups -OCH3 is 2. The Hall–Kier alpha value is -4.25. The third-order valence-electron chi connectivity index (χ3n) is 7.91. The van der Waals surface area contributed by atoms with Crippen molar-refractivity contribution < 1.29 is 24.0 Å². The van der Waals surface area contributed by atoms with Gasteiger partial charge in [0.2, 0.25) is 5.91 Å². The molecule has 0 aromatic heterocycles. The maximum absolute atomic E-state index is 14.4. The Kier molecular flexibility index (Phi) is 8.07. The maximum atomic E-state index is 14.4. The highest BCUT2D eigenvalue weighted by atomic mass is 32.2. The van der Waals surface area contributed by atoms with Crippen molar-refractivity contribution in [3.63, 3.8) is 0 Å². The van der Waals surface area contributed by atoms with Gasteiger partial charge in [-0.25, -0.2) is 0 Å². The number of ether oxygens (including phenoxy) is 2. The van der Waals surface area contributed by atoms with Crippen molar-refractivity contribution in [2.45, 2.75) is 16.9 Å². The van der Waals surface area contributed by atoms with Crippen LogP contribution >= 0.6 is 11.8 Å². The molecule has 0 spiro atoms. The number of fused-ring (bicyclic) bond motifs is 1. The second kappa shape index (κ2) is 11.7. The second-order valence-electron chi connectivity index (χ2n) is 9.99. The van der Waals surface area contributed by atoms with Gasteiger partial charge in [0.05, 0.1) is 31.1 Å². The first-order valence-corrected chi connectivity index (χ1v) is 14.4. The van der Waals surface area contributed by atoms with Crippen molar-refractivity contribution in [1.82, 2.24) is 9.80 Å². The average Bonchev–Trinajstić information content (AvgIpc) is 3.01. The van der Waals surface area contributed by atoms with Crippen LogP contribution in [0.4, 0.5) is 11.4 Å². The van der Waals surface area contributed by atoms with Crippen LogP contribution in [0, 0.1) is 10.1 Å². The average molecular weight is 577 g/mol. The number of anilines is 1. The molecular weight excluding hydrogens is 544 g/mol. The highest BCUT2D eigenvalue weighted by Crippen LogP contribution is 2.46. The van der Waals surface area contributed by atoms with Crippen molar-refractivity contribution in [3.8, 4) is 11.5 Å². The lowest BCUT2D eigenvalue weighted by Crippen LogP contribution is -2.53. The molecule has 0 saturated carbocycles. The number of benzene rings is 3. The summed E-state index contributed by atoms with van der Waals surface area (Å²) in [5, 5.41) is 11.0. The van der Waals surface area contributed by atoms with Gasteiger partial charge in [-0.15, -0.1) is 11.8 Å². The van der Waals surface area contributed by atoms with Gasteiger partial charge in [-0.3, -0.25) is 19.7 Å². The van der Waals surface area contributed by atoms with Gasteiger partial charge in [-0.1, -0.05) is 12.1 Å². The van der Waals surface area contributed by atoms with Crippen molar-refractivity contribution in [3.05, 3.63) is 87.5 Å². The first-order chi connectivity index (χ1) is 19.8. The van der Waals surface area contributed by atoms with E-state index in [1.54, 1.807) is 48.0 Å². The molecule has 3 aromatic carbocycles. The highest BCUT2D eigenvalue weighted by molar-refractivity contribution is 7.98. The Bertz CT molecular complexity index is 1460. The van der Waals surface area contributed by atoms with Crippen LogP contribution in [0.15, 0.2) is 65.6 Å². The zero-order valence-corrected chi connectivity index (χ0v) is 24.2. The smallest absolute Gasteiger partial charge is 0.269 e. The van der Waals surface area contributed by atoms with Crippen molar-refractivity contribution in [1.29, 1.82) is 0 Å². The van der Waals surface area contributed by atoms with Crippen LogP contribution in [0.5, 0.6) is 11.5 Å². The number of nitro groups is 1. The number of nitro benzene ring substituents is 1. The van der Waals surface area contributed by atoms with Gasteiger partial charge < -0.3 is 24.2 Å². The van der Waals surface area contributed by atoms with E-state index in [1.807, 2.05) is 35.4 Å². The second-order valence-corrected chi connectivity index (χ2v) is 10.9. The summed E-state index contributed by atoms with van der Waals surface area (Å²) in [4.78, 5) is 45.4. The van der Waals surface area contributed by atoms with Crippen LogP contribution in [0.25, 0.3) is 0 Å². The molecule has 2 aliphatic rings. The summed E-state index contributed by atoms with van der Waals surface area (Å²) in [7, 11) is 4.79. The predicted octanol–water partition coefficient (Wildman–Crippen LogP) is 4.59. The number of carbonyl (C=O) groups excluding carboxylic acids is 2. The number of thioether (sulfide) groups is 1. The molecule has 0 N–H and O–H groups in total. The summed E-state index contributed by atoms with van der Waals surface area (Å²) in [6.07, 6.45) is 2.00. The predicted molar refractivity (Wildman–Crippen MR) is 157 cm³/mol. The van der Waals surface area contributed by atoms with Crippen molar-refractivity contribution >= 4 is 35.0 Å². The van der Waals surface area contributed by atoms with Gasteiger partial charge in [0.25, 0.3) is 11.6 Å². The number of carbonyl (C=O) groups is 2. The van der Waals surface area contributed by atoms with Crippen molar-refractivity contribution in [2.24, 2.45) is 0 Å². The van der Waals surface area contributed by atoms with E-state index < -0.39 is 16.9 Å². The third-order valence-corrected chi connectivity index (χ3v) is 8.66. The number of hydrogen-bond donors (Lipinski definition) is 0. The molecule has 3 aromatic rings. The molecule has 2 aliphatic heterocycles. The lowest BCUT2D eigenvalue weighted by atomic mass is 9.78. The zero-order chi connectivity index (χ0) is 29.3. The van der Waals surface area contributed by atoms with Crippen LogP contribution in [0.3, 0.4) is 0 Å². The Morgan fingerprint density at radius 3 is 2.12 bits per heavy atom. The largest absolute Gasteiger partial charge is 0.493 e. The van der Waals surface area contributed by atoms with Crippen LogP contribution in [0.1, 0.15) is 33.4 Å². The van der Waals surface area contributed by atoms with Gasteiger partial charge in [-0.05, 0) is 53.8 Å². The summed E-state index contributed by atoms with van der Waals surface area (Å²) < 4.78 is 11.0. The van der Waals surface area contributed by atoms with Gasteiger partial charge in [0.1, 0.15) is 0 Å². The molecule has 1 saturated heterocycles. The lowest BCUT2D eigenvalue weighted by molar-refractivity contribution is -0.384. The van der Waals surface area contributed by atoms with E-state index in [-0.39, 0.29) is 17.5 Å². The summed E-state index contributed by atoms with van der Waals surface area (Å²) in [6.45, 7) is 2.11. The molecular formula is C30H32N4O6S. The third kappa shape index (κ3) is 5.29. The van der Waals surface area contributed by atoms with E-state index in [2.05, 4.69) is 4.90 Å². The van der Waals surface area contributed by atoms with E-state index in [1.165, 1.54) is 26.4 Å². The topological polar surface area (TPSA) is 105 Å². The highest BCUT2D eigenvalue weighted by Gasteiger charge is 2.45. The molecule has 2 amide bonds. The Balaban J connectivity index is 1.49. The van der Waals surface area contributed by atoms with Crippen molar-refractivity contribution in [2.75, 3.05) is 58.6 Å². The number of nitrogens with zero attached hydrogens (tertiary/aromatic N) is 4. The number of piperazine rings is 1. The summed E-state index contributed by atoms with van der Waals surface area (Å²) in [5.41, 5.74) is 2.83. The van der Waals surface area contributed by atoms with E-state index in [0.29, 0.717) is 48.8 Å². The van der Waals surface area contributed by atoms with E-state index in [4.69, 9.17) is 9.47 Å². The molecule has 41 heavy (non-hydrogen) atoms. The molecule has 214 valence electrons. The van der Waals surface area contributed by atoms with E-state index in [9.17, 15) is 19.7 Å². The van der Waals surface area contributed by atoms with E-state index in [0.717, 1.165) is 16.1 Å². The molecule has 10 nitrogen and oxygen atoms in total. The molecule has 0 unspecified atom stereocenters. The number of amides is 2. The van der Waals surface area contributed by atoms with Gasteiger partial charge in [0.15, 0.2) is 11.5 Å². The van der Waals surface area contributed by atoms with Crippen LogP contribution in [0.2, 0.25) is 0 Å². The minimum absolute atomic E-state index is 0.0425. The summed E-state index contributed by atoms with van der Waals surface area (Å²) >= 11 is 1.63. The number of likely N-dealkylation sites (N-methyl/N-ethyl adjacent to an activating group) is 1. The molecule has 0 radical (unpaired) electrons. The monoisotopic (exact) mass is 576 g/mol. The Morgan fingerprint density at radius 1 is 0.951 bits per heavy atom. The molecule has 5 rings (SSSR count). The first-order valence-electron chi connectivity index (χ1n) is 13.2. The molecule has 0 bridgehead atoms. The molecule has 2 atom stereocenters. The van der Waals surface area contributed by atoms with Gasteiger partial charge in [0, 0.05) is 61.5 Å². The fourth-order valence-corrected chi connectivity index (χ4v) is 6.11. The molecule has 0 aliphatic carbocycles. The van der Waals surface area contributed by atoms with E-state index >= 15 is 0 Å². The molecule has 1 fully saturated rings. The van der Waals surface area contributed by atoms with Crippen LogP contribution in [-0.4, -0.2) is 80.2 Å². The number of non-ortho nitro benzene ring substituents is 1. The standard InChI is InChI=1S/C30H32N4O6S/c1-31-28(19-5-11-22(41-4)12-6-19)27(23-17-25(39-2)26(40-3)18-24(23)29(31)35)30(36)33-15-13-32(14-16-33)20-7-9-21(10-8-20)34(37)38/h5-12,17-18,27-28H,13-16H2,1-4H3/t27-,28-/m0/s1. The molecule has 11 heteroatoms. The summed E-state index contributed by atoms with van der Waals surface area (Å²) in [5.74, 6) is -0.0230. The number of hydrogen-bond acceptors (Lipinski definition) is 8.